The van der Waals surface area contributed by atoms with Crippen LogP contribution in [0.25, 0.3) is 16.6 Å². The fourth-order valence-corrected chi connectivity index (χ4v) is 4.51. The van der Waals surface area contributed by atoms with E-state index in [0.717, 1.165) is 11.8 Å². The molecule has 0 aliphatic rings. The maximum absolute atomic E-state index is 14.9. The van der Waals surface area contributed by atoms with Gasteiger partial charge in [-0.15, -0.1) is 0 Å². The molecule has 0 aliphatic heterocycles. The van der Waals surface area contributed by atoms with Crippen molar-refractivity contribution in [2.24, 2.45) is 0 Å². The Bertz CT molecular complexity index is 1280. The van der Waals surface area contributed by atoms with Crippen LogP contribution in [-0.2, 0) is 0 Å². The van der Waals surface area contributed by atoms with E-state index in [1.165, 1.54) is 35.0 Å². The van der Waals surface area contributed by atoms with Gasteiger partial charge in [0.2, 0.25) is 0 Å². The molecular weight excluding hydrogens is 464 g/mol. The molecule has 10 heteroatoms. The van der Waals surface area contributed by atoms with Crippen molar-refractivity contribution in [3.8, 4) is 5.69 Å². The number of fused-ring (bicyclic) bond motifs is 1. The van der Waals surface area contributed by atoms with Crippen molar-refractivity contribution < 1.29 is 49.7 Å². The second kappa shape index (κ2) is 9.26. The van der Waals surface area contributed by atoms with Crippen LogP contribution >= 0.6 is 35.0 Å². The van der Waals surface area contributed by atoms with E-state index in [1.54, 1.807) is 24.4 Å². The van der Waals surface area contributed by atoms with Crippen LogP contribution in [0.15, 0.2) is 64.6 Å². The number of hydrogen-bond donors (Lipinski definition) is 1. The number of pyridine rings is 1. The van der Waals surface area contributed by atoms with E-state index < -0.39 is 23.2 Å². The zero-order valence-corrected chi connectivity index (χ0v) is 19.7. The predicted octanol–water partition coefficient (Wildman–Crippen LogP) is 3.58. The average Bonchev–Trinajstić information content (AvgIpc) is 2.99. The van der Waals surface area contributed by atoms with Crippen molar-refractivity contribution in [2.45, 2.75) is 9.79 Å². The molecule has 4 rings (SSSR count). The monoisotopic (exact) mass is 474 g/mol. The normalized spacial score (nSPS) is 10.8. The van der Waals surface area contributed by atoms with E-state index in [-0.39, 0.29) is 51.6 Å². The number of carbonyl (C=O) groups is 1. The Balaban J connectivity index is 0.00000171. The first-order valence-electron chi connectivity index (χ1n) is 8.18. The van der Waals surface area contributed by atoms with Crippen molar-refractivity contribution in [1.29, 1.82) is 0 Å². The minimum absolute atomic E-state index is 0. The van der Waals surface area contributed by atoms with Crippen LogP contribution in [-0.4, -0.2) is 20.6 Å². The summed E-state index contributed by atoms with van der Waals surface area (Å²) in [6.07, 6.45) is 3.07. The summed E-state index contributed by atoms with van der Waals surface area (Å²) in [6, 6.07) is 10.4. The first-order valence-corrected chi connectivity index (χ1v) is 9.75. The molecule has 0 saturated carbocycles. The standard InChI is InChI=1S/C20H10Cl2F2N2O2S.Na.H/c21-13-7-6-12-17(16(13)24)26(10-3-2-8-25-9-10)19(22)18(12)29-14-5-1-4-11(15(14)23)20(27)28;;/h1-9H,(H,27,28);;/q;+1;-1. The fraction of sp³-hybridized carbons (Fsp3) is 0. The van der Waals surface area contributed by atoms with Crippen molar-refractivity contribution in [2.75, 3.05) is 0 Å². The van der Waals surface area contributed by atoms with E-state index in [2.05, 4.69) is 4.98 Å². The molecule has 148 valence electrons. The third kappa shape index (κ3) is 3.98. The SMILES string of the molecule is O=C(O)c1cccc(Sc2c(Cl)n(-c3cccnc3)c3c(F)c(Cl)ccc23)c1F.[H-].[Na+]. The van der Waals surface area contributed by atoms with Gasteiger partial charge in [-0.05, 0) is 36.4 Å². The Morgan fingerprint density at radius 3 is 2.53 bits per heavy atom. The molecular formula is C20H11Cl2F2N2NaO2S. The number of benzene rings is 2. The van der Waals surface area contributed by atoms with Gasteiger partial charge in [-0.25, -0.2) is 13.6 Å². The van der Waals surface area contributed by atoms with Crippen LogP contribution in [0.5, 0.6) is 0 Å². The first kappa shape index (κ1) is 23.1. The van der Waals surface area contributed by atoms with Crippen LogP contribution in [0, 0.1) is 11.6 Å². The molecule has 0 bridgehead atoms. The van der Waals surface area contributed by atoms with Crippen molar-refractivity contribution in [3.05, 3.63) is 82.2 Å². The summed E-state index contributed by atoms with van der Waals surface area (Å²) in [4.78, 5) is 15.7. The first-order chi connectivity index (χ1) is 13.9. The molecule has 2 aromatic carbocycles. The molecule has 4 nitrogen and oxygen atoms in total. The average molecular weight is 475 g/mol. The Kier molecular flexibility index (Phi) is 7.12. The predicted molar refractivity (Wildman–Crippen MR) is 110 cm³/mol. The summed E-state index contributed by atoms with van der Waals surface area (Å²) in [5, 5.41) is 9.59. The third-order valence-electron chi connectivity index (χ3n) is 4.23. The van der Waals surface area contributed by atoms with E-state index in [0.29, 0.717) is 16.0 Å². The van der Waals surface area contributed by atoms with Gasteiger partial charge >= 0.3 is 35.5 Å². The van der Waals surface area contributed by atoms with Gasteiger partial charge in [0.1, 0.15) is 5.15 Å². The number of carboxylic acid groups (broad SMARTS) is 1. The van der Waals surface area contributed by atoms with Crippen LogP contribution in [0.4, 0.5) is 8.78 Å². The number of rotatable bonds is 4. The topological polar surface area (TPSA) is 55.1 Å². The minimum Gasteiger partial charge on any atom is -1.00 e. The Labute approximate surface area is 207 Å². The molecule has 0 fully saturated rings. The van der Waals surface area contributed by atoms with Crippen molar-refractivity contribution in [1.82, 2.24) is 9.55 Å². The molecule has 1 N–H and O–H groups in total. The molecule has 0 aliphatic carbocycles. The molecule has 0 spiro atoms. The van der Waals surface area contributed by atoms with Gasteiger partial charge < -0.3 is 6.53 Å². The molecule has 0 radical (unpaired) electrons. The third-order valence-corrected chi connectivity index (χ3v) is 6.15. The second-order valence-electron chi connectivity index (χ2n) is 5.95. The smallest absolute Gasteiger partial charge is 1.00 e. The Morgan fingerprint density at radius 2 is 1.87 bits per heavy atom. The zero-order valence-electron chi connectivity index (χ0n) is 16.4. The number of hydrogen-bond acceptors (Lipinski definition) is 3. The van der Waals surface area contributed by atoms with E-state index in [4.69, 9.17) is 28.3 Å². The molecule has 0 amide bonds. The summed E-state index contributed by atoms with van der Waals surface area (Å²) in [6.45, 7) is 0. The summed E-state index contributed by atoms with van der Waals surface area (Å²) < 4.78 is 31.0. The summed E-state index contributed by atoms with van der Waals surface area (Å²) >= 11 is 13.5. The number of halogens is 4. The van der Waals surface area contributed by atoms with Gasteiger partial charge in [0.25, 0.3) is 0 Å². The summed E-state index contributed by atoms with van der Waals surface area (Å²) in [7, 11) is 0. The van der Waals surface area contributed by atoms with E-state index in [9.17, 15) is 13.6 Å². The van der Waals surface area contributed by atoms with Crippen LogP contribution in [0.2, 0.25) is 10.2 Å². The second-order valence-corrected chi connectivity index (χ2v) is 7.77. The van der Waals surface area contributed by atoms with E-state index in [1.807, 2.05) is 0 Å². The summed E-state index contributed by atoms with van der Waals surface area (Å²) in [5.74, 6) is -2.95. The minimum atomic E-state index is -1.38. The van der Waals surface area contributed by atoms with E-state index >= 15 is 0 Å². The maximum Gasteiger partial charge on any atom is 1.00 e. The molecule has 2 heterocycles. The van der Waals surface area contributed by atoms with Crippen LogP contribution in [0.3, 0.4) is 0 Å². The van der Waals surface area contributed by atoms with Gasteiger partial charge in [0, 0.05) is 16.5 Å². The number of aromatic carboxylic acids is 1. The van der Waals surface area contributed by atoms with Crippen molar-refractivity contribution in [3.63, 3.8) is 0 Å². The van der Waals surface area contributed by atoms with Gasteiger partial charge in [0.15, 0.2) is 11.6 Å². The van der Waals surface area contributed by atoms with Gasteiger partial charge in [0.05, 0.1) is 32.9 Å². The van der Waals surface area contributed by atoms with Crippen molar-refractivity contribution >= 4 is 51.8 Å². The van der Waals surface area contributed by atoms with Gasteiger partial charge in [-0.1, -0.05) is 41.0 Å². The quantitative estimate of drug-likeness (QED) is 0.459. The molecule has 2 aromatic heterocycles. The van der Waals surface area contributed by atoms with Crippen LogP contribution in [0.1, 0.15) is 11.8 Å². The Hall–Kier alpha value is -1.61. The zero-order chi connectivity index (χ0) is 20.7. The molecule has 0 atom stereocenters. The largest absolute Gasteiger partial charge is 1.00 e. The number of carboxylic acids is 1. The van der Waals surface area contributed by atoms with Gasteiger partial charge in [-0.2, -0.15) is 0 Å². The van der Waals surface area contributed by atoms with Crippen LogP contribution < -0.4 is 29.6 Å². The fourth-order valence-electron chi connectivity index (χ4n) is 2.94. The maximum atomic E-state index is 14.9. The molecule has 0 saturated heterocycles. The number of nitrogens with zero attached hydrogens (tertiary/aromatic N) is 2. The molecule has 4 aromatic rings. The summed E-state index contributed by atoms with van der Waals surface area (Å²) in [5.41, 5.74) is 0.152. The molecule has 0 unspecified atom stereocenters. The molecule has 30 heavy (non-hydrogen) atoms. The number of aromatic nitrogens is 2. The Morgan fingerprint density at radius 1 is 1.10 bits per heavy atom. The van der Waals surface area contributed by atoms with Gasteiger partial charge in [-0.3, -0.25) is 9.55 Å².